The van der Waals surface area contributed by atoms with Crippen molar-refractivity contribution in [3.05, 3.63) is 77.8 Å². The minimum Gasteiger partial charge on any atom is -0.457 e. The molecule has 0 fully saturated rings. The molecule has 0 saturated heterocycles. The van der Waals surface area contributed by atoms with E-state index in [1.54, 1.807) is 30.3 Å². The molecule has 3 aromatic carbocycles. The standard InChI is InChI=1S/C26H23ClFN3O4S/c27-22-9-5-8-20-25(30-16-31-26(20)22)21-15-18(11-12-23(21)28)35-17-6-4-7-19(14-17)36(33,34)13-3-1-2-10-24(29)32/h4-9,11-12,14-16H,1-3,10,13H2,(H2,29,32). The van der Waals surface area contributed by atoms with Gasteiger partial charge in [0.1, 0.15) is 23.6 Å². The van der Waals surface area contributed by atoms with Gasteiger partial charge < -0.3 is 10.5 Å². The van der Waals surface area contributed by atoms with Crippen molar-refractivity contribution in [1.82, 2.24) is 9.97 Å². The molecule has 0 aliphatic heterocycles. The van der Waals surface area contributed by atoms with Gasteiger partial charge >= 0.3 is 0 Å². The Balaban J connectivity index is 1.55. The fraction of sp³-hybridized carbons (Fsp3) is 0.192. The van der Waals surface area contributed by atoms with Gasteiger partial charge in [-0.1, -0.05) is 36.2 Å². The van der Waals surface area contributed by atoms with Crippen LogP contribution < -0.4 is 10.5 Å². The number of halogens is 2. The van der Waals surface area contributed by atoms with Crippen LogP contribution in [0.25, 0.3) is 22.2 Å². The number of hydrogen-bond acceptors (Lipinski definition) is 6. The molecule has 1 amide bonds. The molecule has 186 valence electrons. The van der Waals surface area contributed by atoms with Crippen molar-refractivity contribution in [2.24, 2.45) is 5.73 Å². The van der Waals surface area contributed by atoms with Gasteiger partial charge in [0, 0.05) is 17.4 Å². The lowest BCUT2D eigenvalue weighted by Crippen LogP contribution is -2.10. The summed E-state index contributed by atoms with van der Waals surface area (Å²) < 4.78 is 46.2. The van der Waals surface area contributed by atoms with Gasteiger partial charge in [-0.05, 0) is 55.3 Å². The van der Waals surface area contributed by atoms with E-state index in [4.69, 9.17) is 22.1 Å². The van der Waals surface area contributed by atoms with Crippen LogP contribution in [-0.2, 0) is 14.6 Å². The van der Waals surface area contributed by atoms with E-state index < -0.39 is 21.6 Å². The van der Waals surface area contributed by atoms with E-state index in [9.17, 15) is 17.6 Å². The SMILES string of the molecule is NC(=O)CCCCCS(=O)(=O)c1cccc(Oc2ccc(F)c(-c3ncnc4c(Cl)cccc34)c2)c1. The average Bonchev–Trinajstić information content (AvgIpc) is 2.85. The second kappa shape index (κ2) is 11.0. The molecule has 2 N–H and O–H groups in total. The van der Waals surface area contributed by atoms with Gasteiger partial charge in [0.25, 0.3) is 0 Å². The molecule has 0 unspecified atom stereocenters. The molecule has 0 radical (unpaired) electrons. The minimum atomic E-state index is -3.55. The third-order valence-corrected chi connectivity index (χ3v) is 7.65. The maximum Gasteiger partial charge on any atom is 0.217 e. The molecule has 10 heteroatoms. The van der Waals surface area contributed by atoms with Gasteiger partial charge in [0.05, 0.1) is 26.9 Å². The lowest BCUT2D eigenvalue weighted by molar-refractivity contribution is -0.118. The Kier molecular flexibility index (Phi) is 7.81. The summed E-state index contributed by atoms with van der Waals surface area (Å²) in [6.07, 6.45) is 3.10. The summed E-state index contributed by atoms with van der Waals surface area (Å²) in [7, 11) is -3.55. The van der Waals surface area contributed by atoms with Crippen molar-refractivity contribution in [3.63, 3.8) is 0 Å². The molecule has 0 atom stereocenters. The number of aromatic nitrogens is 2. The summed E-state index contributed by atoms with van der Waals surface area (Å²) in [5.74, 6) is -0.364. The number of hydrogen-bond donors (Lipinski definition) is 1. The number of para-hydroxylation sites is 1. The summed E-state index contributed by atoms with van der Waals surface area (Å²) in [6.45, 7) is 0. The van der Waals surface area contributed by atoms with Crippen LogP contribution in [0.2, 0.25) is 5.02 Å². The number of sulfone groups is 1. The lowest BCUT2D eigenvalue weighted by Gasteiger charge is -2.11. The Morgan fingerprint density at radius 3 is 2.56 bits per heavy atom. The van der Waals surface area contributed by atoms with E-state index in [2.05, 4.69) is 9.97 Å². The van der Waals surface area contributed by atoms with Crippen molar-refractivity contribution >= 4 is 38.2 Å². The first-order valence-electron chi connectivity index (χ1n) is 11.2. The topological polar surface area (TPSA) is 112 Å². The normalized spacial score (nSPS) is 11.5. The first kappa shape index (κ1) is 25.5. The molecule has 7 nitrogen and oxygen atoms in total. The fourth-order valence-corrected chi connectivity index (χ4v) is 5.39. The molecule has 4 aromatic rings. The third-order valence-electron chi connectivity index (χ3n) is 5.55. The van der Waals surface area contributed by atoms with Gasteiger partial charge in [0.15, 0.2) is 9.84 Å². The molecule has 0 spiro atoms. The smallest absolute Gasteiger partial charge is 0.217 e. The molecule has 1 heterocycles. The number of nitrogens with zero attached hydrogens (tertiary/aromatic N) is 2. The van der Waals surface area contributed by atoms with Crippen LogP contribution in [0.1, 0.15) is 25.7 Å². The first-order valence-corrected chi connectivity index (χ1v) is 13.3. The van der Waals surface area contributed by atoms with Gasteiger partial charge in [-0.15, -0.1) is 0 Å². The number of amides is 1. The maximum atomic E-state index is 14.8. The van der Waals surface area contributed by atoms with Crippen LogP contribution in [0.3, 0.4) is 0 Å². The summed E-state index contributed by atoms with van der Waals surface area (Å²) >= 11 is 6.23. The highest BCUT2D eigenvalue weighted by molar-refractivity contribution is 7.91. The van der Waals surface area contributed by atoms with Crippen molar-refractivity contribution in [2.75, 3.05) is 5.75 Å². The number of benzene rings is 3. The number of carbonyl (C=O) groups is 1. The zero-order chi connectivity index (χ0) is 25.7. The zero-order valence-corrected chi connectivity index (χ0v) is 20.7. The highest BCUT2D eigenvalue weighted by Gasteiger charge is 2.17. The maximum absolute atomic E-state index is 14.8. The third kappa shape index (κ3) is 5.98. The fourth-order valence-electron chi connectivity index (χ4n) is 3.77. The van der Waals surface area contributed by atoms with E-state index in [1.165, 1.54) is 36.7 Å². The summed E-state index contributed by atoms with van der Waals surface area (Å²) in [6, 6.07) is 15.5. The van der Waals surface area contributed by atoms with Crippen LogP contribution in [0.4, 0.5) is 4.39 Å². The second-order valence-corrected chi connectivity index (χ2v) is 10.7. The molecule has 4 rings (SSSR count). The number of unbranched alkanes of at least 4 members (excludes halogenated alkanes) is 2. The number of carbonyl (C=O) groups excluding carboxylic acids is 1. The summed E-state index contributed by atoms with van der Waals surface area (Å²) in [5, 5.41) is 1.01. The molecule has 0 saturated carbocycles. The van der Waals surface area contributed by atoms with E-state index >= 15 is 0 Å². The lowest BCUT2D eigenvalue weighted by atomic mass is 10.1. The predicted molar refractivity (Wildman–Crippen MR) is 136 cm³/mol. The molecular weight excluding hydrogens is 505 g/mol. The number of ether oxygens (including phenoxy) is 1. The van der Waals surface area contributed by atoms with Crippen LogP contribution in [0.15, 0.2) is 71.9 Å². The monoisotopic (exact) mass is 527 g/mol. The highest BCUT2D eigenvalue weighted by Crippen LogP contribution is 2.34. The van der Waals surface area contributed by atoms with Gasteiger partial charge in [-0.25, -0.2) is 22.8 Å². The van der Waals surface area contributed by atoms with Gasteiger partial charge in [-0.2, -0.15) is 0 Å². The molecule has 36 heavy (non-hydrogen) atoms. The average molecular weight is 528 g/mol. The molecule has 0 aliphatic rings. The zero-order valence-electron chi connectivity index (χ0n) is 19.2. The van der Waals surface area contributed by atoms with Crippen molar-refractivity contribution in [2.45, 2.75) is 30.6 Å². The number of primary amides is 1. The Hall–Kier alpha value is -3.56. The van der Waals surface area contributed by atoms with Crippen LogP contribution in [0, 0.1) is 5.82 Å². The van der Waals surface area contributed by atoms with E-state index in [0.29, 0.717) is 46.6 Å². The summed E-state index contributed by atoms with van der Waals surface area (Å²) in [5.41, 5.74) is 6.17. The Morgan fingerprint density at radius 1 is 0.972 bits per heavy atom. The predicted octanol–water partition coefficient (Wildman–Crippen LogP) is 5.70. The Labute approximate surface area is 213 Å². The summed E-state index contributed by atoms with van der Waals surface area (Å²) in [4.78, 5) is 19.4. The number of fused-ring (bicyclic) bond motifs is 1. The van der Waals surface area contributed by atoms with Gasteiger partial charge in [0.2, 0.25) is 5.91 Å². The van der Waals surface area contributed by atoms with Crippen molar-refractivity contribution < 1.29 is 22.3 Å². The second-order valence-electron chi connectivity index (χ2n) is 8.17. The first-order chi connectivity index (χ1) is 17.2. The van der Waals surface area contributed by atoms with Crippen LogP contribution >= 0.6 is 11.6 Å². The van der Waals surface area contributed by atoms with E-state index in [-0.39, 0.29) is 28.4 Å². The van der Waals surface area contributed by atoms with Crippen molar-refractivity contribution in [3.8, 4) is 22.8 Å². The molecule has 1 aromatic heterocycles. The van der Waals surface area contributed by atoms with E-state index in [1.807, 2.05) is 0 Å². The highest BCUT2D eigenvalue weighted by atomic mass is 35.5. The quantitative estimate of drug-likeness (QED) is 0.265. The van der Waals surface area contributed by atoms with E-state index in [0.717, 1.165) is 0 Å². The van der Waals surface area contributed by atoms with Crippen LogP contribution in [-0.4, -0.2) is 30.0 Å². The molecule has 0 bridgehead atoms. The largest absolute Gasteiger partial charge is 0.457 e. The Bertz CT molecular complexity index is 1530. The number of rotatable bonds is 10. The Morgan fingerprint density at radius 2 is 1.75 bits per heavy atom. The molecule has 0 aliphatic carbocycles. The molecular formula is C26H23ClFN3O4S. The minimum absolute atomic E-state index is 0.0563. The number of nitrogens with two attached hydrogens (primary N) is 1. The van der Waals surface area contributed by atoms with Gasteiger partial charge in [-0.3, -0.25) is 4.79 Å². The van der Waals surface area contributed by atoms with Crippen molar-refractivity contribution in [1.29, 1.82) is 0 Å². The van der Waals surface area contributed by atoms with Crippen LogP contribution in [0.5, 0.6) is 11.5 Å².